The number of carbonyl (C=O) groups is 5. The number of phenolic OH excluding ortho intramolecular Hbond substituents is 1. The zero-order valence-corrected chi connectivity index (χ0v) is 30.3. The Kier molecular flexibility index (Phi) is 7.88. The summed E-state index contributed by atoms with van der Waals surface area (Å²) in [6.07, 6.45) is 1.89. The van der Waals surface area contributed by atoms with Crippen LogP contribution in [0.15, 0.2) is 54.1 Å². The fourth-order valence-electron chi connectivity index (χ4n) is 9.21. The van der Waals surface area contributed by atoms with Crippen LogP contribution in [0.4, 0.5) is 5.82 Å². The van der Waals surface area contributed by atoms with E-state index in [2.05, 4.69) is 0 Å². The number of amides is 4. The molecule has 2 N–H and O–H groups in total. The molecule has 4 aliphatic rings. The van der Waals surface area contributed by atoms with E-state index in [1.54, 1.807) is 43.5 Å². The van der Waals surface area contributed by atoms with E-state index in [1.165, 1.54) is 22.8 Å². The second-order valence-electron chi connectivity index (χ2n) is 14.3. The van der Waals surface area contributed by atoms with Gasteiger partial charge in [-0.1, -0.05) is 29.3 Å². The van der Waals surface area contributed by atoms with E-state index in [0.717, 1.165) is 31.0 Å². The van der Waals surface area contributed by atoms with Crippen LogP contribution in [-0.2, 0) is 31.0 Å². The summed E-state index contributed by atoms with van der Waals surface area (Å²) in [4.78, 5) is 71.6. The Morgan fingerprint density at radius 1 is 1.08 bits per heavy atom. The third-order valence-electron chi connectivity index (χ3n) is 11.7. The summed E-state index contributed by atoms with van der Waals surface area (Å²) in [6, 6.07) is 12.3. The van der Waals surface area contributed by atoms with Crippen LogP contribution in [0, 0.1) is 36.0 Å². The monoisotopic (exact) mass is 742 g/mol. The first-order chi connectivity index (χ1) is 24.8. The minimum Gasteiger partial charge on any atom is -0.504 e. The van der Waals surface area contributed by atoms with E-state index in [1.807, 2.05) is 31.2 Å². The average molecular weight is 743 g/mol. The van der Waals surface area contributed by atoms with Crippen molar-refractivity contribution >= 4 is 68.4 Å². The highest BCUT2D eigenvalue weighted by atomic mass is 35.5. The zero-order chi connectivity index (χ0) is 37.0. The number of hydrogen-bond acceptors (Lipinski definition) is 9. The Morgan fingerprint density at radius 3 is 2.56 bits per heavy atom. The minimum atomic E-state index is -1.34. The van der Waals surface area contributed by atoms with Crippen molar-refractivity contribution in [1.29, 1.82) is 0 Å². The number of anilines is 1. The second kappa shape index (κ2) is 12.0. The predicted octanol–water partition coefficient (Wildman–Crippen LogP) is 5.68. The quantitative estimate of drug-likeness (QED) is 0.179. The number of allylic oxidation sites excluding steroid dienone is 2. The van der Waals surface area contributed by atoms with Gasteiger partial charge >= 0.3 is 5.97 Å². The number of carboxylic acids is 1. The number of ether oxygens (including phenoxy) is 1. The Morgan fingerprint density at radius 2 is 1.85 bits per heavy atom. The van der Waals surface area contributed by atoms with E-state index in [0.29, 0.717) is 22.1 Å². The summed E-state index contributed by atoms with van der Waals surface area (Å²) in [7, 11) is 3.11. The second-order valence-corrected chi connectivity index (χ2v) is 15.8. The summed E-state index contributed by atoms with van der Waals surface area (Å²) in [5.74, 6) is -6.22. The summed E-state index contributed by atoms with van der Waals surface area (Å²) < 4.78 is 7.85. The van der Waals surface area contributed by atoms with Crippen molar-refractivity contribution in [2.45, 2.75) is 39.0 Å². The maximum atomic E-state index is 15.0. The lowest BCUT2D eigenvalue weighted by atomic mass is 9.51. The highest BCUT2D eigenvalue weighted by Crippen LogP contribution is 2.64. The molecule has 4 amide bonds. The molecule has 6 unspecified atom stereocenters. The number of aryl methyl sites for hydroxylation is 2. The number of nitrogens with zero attached hydrogens (tertiary/aromatic N) is 4. The highest BCUT2D eigenvalue weighted by Gasteiger charge is 2.68. The molecule has 0 bridgehead atoms. The number of phenols is 1. The predicted molar refractivity (Wildman–Crippen MR) is 192 cm³/mol. The van der Waals surface area contributed by atoms with Gasteiger partial charge in [-0.2, -0.15) is 5.10 Å². The number of aromatic hydroxyl groups is 1. The molecular weight excluding hydrogens is 708 g/mol. The number of aliphatic carboxylic acids is 1. The molecule has 1 saturated carbocycles. The number of aromatic nitrogens is 2. The largest absolute Gasteiger partial charge is 0.504 e. The molecule has 0 spiro atoms. The third kappa shape index (κ3) is 4.78. The van der Waals surface area contributed by atoms with Crippen molar-refractivity contribution in [2.24, 2.45) is 36.1 Å². The van der Waals surface area contributed by atoms with Crippen LogP contribution >= 0.6 is 22.9 Å². The van der Waals surface area contributed by atoms with Crippen molar-refractivity contribution in [3.63, 3.8) is 0 Å². The van der Waals surface area contributed by atoms with Gasteiger partial charge in [0, 0.05) is 35.3 Å². The van der Waals surface area contributed by atoms with E-state index in [-0.39, 0.29) is 37.3 Å². The number of imide groups is 2. The van der Waals surface area contributed by atoms with Gasteiger partial charge in [-0.05, 0) is 79.5 Å². The molecule has 4 heterocycles. The van der Waals surface area contributed by atoms with Crippen molar-refractivity contribution in [3.8, 4) is 22.1 Å². The Hall–Kier alpha value is -5.01. The molecule has 8 rings (SSSR count). The van der Waals surface area contributed by atoms with Crippen molar-refractivity contribution in [1.82, 2.24) is 14.7 Å². The number of rotatable bonds is 7. The molecule has 0 radical (unpaired) electrons. The smallest absolute Gasteiger partial charge is 0.305 e. The topological polar surface area (TPSA) is 159 Å². The zero-order valence-electron chi connectivity index (χ0n) is 28.8. The molecule has 52 heavy (non-hydrogen) atoms. The molecular formula is C38H35ClN4O8S. The van der Waals surface area contributed by atoms with Crippen LogP contribution in [0.25, 0.3) is 20.7 Å². The first-order valence-corrected chi connectivity index (χ1v) is 18.2. The van der Waals surface area contributed by atoms with Crippen molar-refractivity contribution in [2.75, 3.05) is 18.6 Å². The van der Waals surface area contributed by atoms with Gasteiger partial charge in [0.05, 0.1) is 41.6 Å². The van der Waals surface area contributed by atoms with Gasteiger partial charge in [-0.3, -0.25) is 33.6 Å². The SMILES string of the molecule is COc1ccc(C2C3=CCC4C(=O)N(CCC(=O)O)C(=O)C4C3CC3C(=O)N(c4cc(-c5sc6ccc(Cl)cc6c5C)nn4C)C(=O)C32C)cc1O. The van der Waals surface area contributed by atoms with Crippen LogP contribution in [0.3, 0.4) is 0 Å². The molecule has 6 atom stereocenters. The lowest BCUT2D eigenvalue weighted by Gasteiger charge is -2.49. The Labute approximate surface area is 307 Å². The van der Waals surface area contributed by atoms with Gasteiger partial charge in [0.15, 0.2) is 11.5 Å². The average Bonchev–Trinajstić information content (AvgIpc) is 3.77. The summed E-state index contributed by atoms with van der Waals surface area (Å²) in [5.41, 5.74) is 1.55. The molecule has 12 nitrogen and oxygen atoms in total. The first-order valence-electron chi connectivity index (χ1n) is 17.0. The first kappa shape index (κ1) is 34.1. The number of carboxylic acid groups (broad SMARTS) is 1. The molecule has 2 aromatic heterocycles. The lowest BCUT2D eigenvalue weighted by molar-refractivity contribution is -0.142. The normalized spacial score (nSPS) is 26.9. The summed E-state index contributed by atoms with van der Waals surface area (Å²) >= 11 is 7.83. The summed E-state index contributed by atoms with van der Waals surface area (Å²) in [6.45, 7) is 3.51. The van der Waals surface area contributed by atoms with Gasteiger partial charge in [0.2, 0.25) is 23.6 Å². The molecule has 268 valence electrons. The summed E-state index contributed by atoms with van der Waals surface area (Å²) in [5, 5.41) is 26.6. The van der Waals surface area contributed by atoms with Gasteiger partial charge in [-0.25, -0.2) is 4.90 Å². The number of halogens is 1. The van der Waals surface area contributed by atoms with Gasteiger partial charge in [0.25, 0.3) is 0 Å². The van der Waals surface area contributed by atoms with Crippen molar-refractivity contribution in [3.05, 3.63) is 70.3 Å². The number of fused-ring (bicyclic) bond motifs is 5. The standard InChI is InChI=1S/C38H35ClN4O8S/c1-17-22-14-19(39)6-10-28(22)52-33(17)25-16-29(41(3)40-25)43-35(48)24-15-23-20(7-8-21-31(23)36(49)42(34(21)47)12-11-30(45)46)32(38(24,2)37(43)50)18-5-9-27(51-4)26(44)13-18/h5-7,9-10,13-14,16,21,23-24,31-32,44H,8,11-12,15H2,1-4H3,(H,45,46). The molecule has 4 aromatic rings. The number of likely N-dealkylation sites (tertiary alicyclic amines) is 1. The number of benzene rings is 2. The molecule has 2 aliphatic carbocycles. The number of thiophene rings is 1. The Balaban J connectivity index is 1.23. The Bertz CT molecular complexity index is 2290. The van der Waals surface area contributed by atoms with Crippen LogP contribution in [-0.4, -0.2) is 68.1 Å². The fraction of sp³-hybridized carbons (Fsp3) is 0.368. The number of methoxy groups -OCH3 is 1. The van der Waals surface area contributed by atoms with E-state index in [4.69, 9.17) is 21.4 Å². The highest BCUT2D eigenvalue weighted by molar-refractivity contribution is 7.22. The minimum absolute atomic E-state index is 0.135. The molecule has 2 aromatic carbocycles. The molecule has 14 heteroatoms. The van der Waals surface area contributed by atoms with Crippen LogP contribution < -0.4 is 9.64 Å². The lowest BCUT2D eigenvalue weighted by Crippen LogP contribution is -2.49. The molecule has 2 saturated heterocycles. The fourth-order valence-corrected chi connectivity index (χ4v) is 10.5. The maximum absolute atomic E-state index is 15.0. The van der Waals surface area contributed by atoms with Gasteiger partial charge in [0.1, 0.15) is 11.5 Å². The maximum Gasteiger partial charge on any atom is 0.305 e. The molecule has 2 aliphatic heterocycles. The number of hydrogen-bond donors (Lipinski definition) is 2. The van der Waals surface area contributed by atoms with E-state index in [9.17, 15) is 34.2 Å². The van der Waals surface area contributed by atoms with E-state index >= 15 is 0 Å². The van der Waals surface area contributed by atoms with Gasteiger partial charge in [-0.15, -0.1) is 11.3 Å². The third-order valence-corrected chi connectivity index (χ3v) is 13.2. The van der Waals surface area contributed by atoms with Crippen molar-refractivity contribution < 1.29 is 38.9 Å². The van der Waals surface area contributed by atoms with Crippen LogP contribution in [0.5, 0.6) is 11.5 Å². The molecule has 3 fully saturated rings. The van der Waals surface area contributed by atoms with E-state index < -0.39 is 64.6 Å². The number of carbonyl (C=O) groups excluding carboxylic acids is 4. The van der Waals surface area contributed by atoms with Crippen LogP contribution in [0.2, 0.25) is 5.02 Å². The van der Waals surface area contributed by atoms with Gasteiger partial charge < -0.3 is 14.9 Å². The van der Waals surface area contributed by atoms with Crippen LogP contribution in [0.1, 0.15) is 43.2 Å².